The Morgan fingerprint density at radius 1 is 1.24 bits per heavy atom. The monoisotopic (exact) mass is 527 g/mol. The predicted molar refractivity (Wildman–Crippen MR) is 128 cm³/mol. The topological polar surface area (TPSA) is 98.0 Å². The molecule has 3 heterocycles. The molecule has 0 N–H and O–H groups in total. The van der Waals surface area contributed by atoms with Gasteiger partial charge in [0.15, 0.2) is 4.80 Å². The van der Waals surface area contributed by atoms with Crippen molar-refractivity contribution in [3.05, 3.63) is 45.0 Å². The molecular weight excluding hydrogens is 506 g/mol. The lowest BCUT2D eigenvalue weighted by atomic mass is 9.99. The number of hydrogen-bond acceptors (Lipinski definition) is 7. The quantitative estimate of drug-likeness (QED) is 0.472. The Kier molecular flexibility index (Phi) is 7.06. The van der Waals surface area contributed by atoms with Gasteiger partial charge in [-0.1, -0.05) is 22.9 Å². The number of thiophene rings is 1. The van der Waals surface area contributed by atoms with E-state index in [1.165, 1.54) is 21.7 Å². The maximum absolute atomic E-state index is 13.0. The van der Waals surface area contributed by atoms with Crippen LogP contribution in [0.2, 0.25) is 4.34 Å². The molecule has 1 aromatic carbocycles. The molecule has 176 valence electrons. The fourth-order valence-electron chi connectivity index (χ4n) is 3.69. The number of amides is 1. The van der Waals surface area contributed by atoms with Crippen molar-refractivity contribution in [3.8, 4) is 0 Å². The van der Waals surface area contributed by atoms with E-state index in [0.29, 0.717) is 34.1 Å². The van der Waals surface area contributed by atoms with Crippen LogP contribution in [0, 0.1) is 5.92 Å². The summed E-state index contributed by atoms with van der Waals surface area (Å²) >= 11 is 8.20. The number of sulfonamides is 1. The first-order valence-electron chi connectivity index (χ1n) is 10.3. The molecule has 1 unspecified atom stereocenters. The Morgan fingerprint density at radius 2 is 2.03 bits per heavy atom. The molecule has 1 atom stereocenters. The first kappa shape index (κ1) is 24.1. The van der Waals surface area contributed by atoms with Crippen LogP contribution < -0.4 is 4.80 Å². The fraction of sp³-hybridized carbons (Fsp3) is 0.381. The van der Waals surface area contributed by atoms with Crippen LogP contribution in [0.3, 0.4) is 0 Å². The SMILES string of the molecule is CCOC(=O)c1ccc2c(c1)sc(=NC(=O)C1CCCN(S(=O)(=O)c3ccc(Cl)s3)C1)n2C. The second kappa shape index (κ2) is 9.67. The summed E-state index contributed by atoms with van der Waals surface area (Å²) in [7, 11) is -1.90. The molecule has 4 rings (SSSR count). The van der Waals surface area contributed by atoms with Gasteiger partial charge in [-0.05, 0) is 50.1 Å². The van der Waals surface area contributed by atoms with Crippen molar-refractivity contribution in [2.45, 2.75) is 24.0 Å². The summed E-state index contributed by atoms with van der Waals surface area (Å²) in [6, 6.07) is 8.24. The minimum Gasteiger partial charge on any atom is -0.462 e. The number of aryl methyl sites for hydroxylation is 1. The van der Waals surface area contributed by atoms with E-state index in [-0.39, 0.29) is 23.3 Å². The molecule has 0 aliphatic carbocycles. The minimum atomic E-state index is -3.70. The van der Waals surface area contributed by atoms with Crippen LogP contribution >= 0.6 is 34.3 Å². The Labute approximate surface area is 204 Å². The van der Waals surface area contributed by atoms with E-state index in [2.05, 4.69) is 4.99 Å². The second-order valence-corrected chi connectivity index (χ2v) is 12.4. The van der Waals surface area contributed by atoms with E-state index in [9.17, 15) is 18.0 Å². The molecule has 1 aliphatic heterocycles. The van der Waals surface area contributed by atoms with Crippen LogP contribution in [-0.4, -0.2) is 48.9 Å². The lowest BCUT2D eigenvalue weighted by Crippen LogP contribution is -2.42. The van der Waals surface area contributed by atoms with Crippen molar-refractivity contribution in [3.63, 3.8) is 0 Å². The van der Waals surface area contributed by atoms with Gasteiger partial charge in [0.1, 0.15) is 4.21 Å². The summed E-state index contributed by atoms with van der Waals surface area (Å²) in [6.07, 6.45) is 1.15. The van der Waals surface area contributed by atoms with E-state index in [0.717, 1.165) is 21.6 Å². The van der Waals surface area contributed by atoms with Gasteiger partial charge in [0, 0.05) is 20.1 Å². The molecule has 8 nitrogen and oxygen atoms in total. The van der Waals surface area contributed by atoms with Gasteiger partial charge in [-0.25, -0.2) is 13.2 Å². The van der Waals surface area contributed by atoms with E-state index in [4.69, 9.17) is 16.3 Å². The molecule has 1 aliphatic rings. The number of carbonyl (C=O) groups is 2. The fourth-order valence-corrected chi connectivity index (χ4v) is 7.92. The van der Waals surface area contributed by atoms with Gasteiger partial charge in [-0.3, -0.25) is 4.79 Å². The third-order valence-corrected chi connectivity index (χ3v) is 10.1. The van der Waals surface area contributed by atoms with E-state index in [1.807, 2.05) is 0 Å². The number of piperidine rings is 1. The van der Waals surface area contributed by atoms with Gasteiger partial charge in [-0.15, -0.1) is 11.3 Å². The summed E-state index contributed by atoms with van der Waals surface area (Å²) in [6.45, 7) is 2.48. The molecule has 3 aromatic rings. The zero-order valence-corrected chi connectivity index (χ0v) is 21.2. The van der Waals surface area contributed by atoms with Crippen LogP contribution in [-0.2, 0) is 26.6 Å². The molecule has 1 saturated heterocycles. The number of carbonyl (C=O) groups excluding carboxylic acids is 2. The highest BCUT2D eigenvalue weighted by molar-refractivity contribution is 7.91. The van der Waals surface area contributed by atoms with Crippen molar-refractivity contribution in [1.82, 2.24) is 8.87 Å². The number of benzene rings is 1. The number of aromatic nitrogens is 1. The Balaban J connectivity index is 1.58. The van der Waals surface area contributed by atoms with Crippen molar-refractivity contribution in [1.29, 1.82) is 0 Å². The zero-order valence-electron chi connectivity index (χ0n) is 18.0. The highest BCUT2D eigenvalue weighted by atomic mass is 35.5. The number of fused-ring (bicyclic) bond motifs is 1. The normalized spacial score (nSPS) is 18.0. The van der Waals surface area contributed by atoms with Gasteiger partial charge < -0.3 is 9.30 Å². The second-order valence-electron chi connectivity index (χ2n) is 7.56. The Hall–Kier alpha value is -2.05. The highest BCUT2D eigenvalue weighted by Crippen LogP contribution is 2.31. The summed E-state index contributed by atoms with van der Waals surface area (Å²) in [5.74, 6) is -1.28. The average molecular weight is 528 g/mol. The third-order valence-electron chi connectivity index (χ3n) is 5.40. The van der Waals surface area contributed by atoms with E-state index in [1.54, 1.807) is 42.8 Å². The lowest BCUT2D eigenvalue weighted by Gasteiger charge is -2.29. The Bertz CT molecular complexity index is 1390. The van der Waals surface area contributed by atoms with Crippen LogP contribution in [0.1, 0.15) is 30.1 Å². The van der Waals surface area contributed by atoms with Crippen molar-refractivity contribution >= 4 is 66.4 Å². The van der Waals surface area contributed by atoms with Crippen LogP contribution in [0.15, 0.2) is 39.5 Å². The van der Waals surface area contributed by atoms with Crippen molar-refractivity contribution in [2.24, 2.45) is 18.0 Å². The largest absolute Gasteiger partial charge is 0.462 e. The summed E-state index contributed by atoms with van der Waals surface area (Å²) < 4.78 is 35.4. The maximum Gasteiger partial charge on any atom is 0.338 e. The minimum absolute atomic E-state index is 0.0851. The van der Waals surface area contributed by atoms with Crippen LogP contribution in [0.25, 0.3) is 10.2 Å². The third kappa shape index (κ3) is 4.92. The number of nitrogens with zero attached hydrogens (tertiary/aromatic N) is 3. The lowest BCUT2D eigenvalue weighted by molar-refractivity contribution is -0.122. The van der Waals surface area contributed by atoms with Crippen molar-refractivity contribution in [2.75, 3.05) is 19.7 Å². The molecule has 0 bridgehead atoms. The molecule has 0 saturated carbocycles. The average Bonchev–Trinajstić information content (AvgIpc) is 3.37. The van der Waals surface area contributed by atoms with Crippen LogP contribution in [0.5, 0.6) is 0 Å². The zero-order chi connectivity index (χ0) is 23.8. The van der Waals surface area contributed by atoms with E-state index >= 15 is 0 Å². The summed E-state index contributed by atoms with van der Waals surface area (Å²) in [5, 5.41) is 0. The highest BCUT2D eigenvalue weighted by Gasteiger charge is 2.34. The number of ether oxygens (including phenoxy) is 1. The van der Waals surface area contributed by atoms with Crippen molar-refractivity contribution < 1.29 is 22.7 Å². The number of halogens is 1. The Morgan fingerprint density at radius 3 is 2.73 bits per heavy atom. The smallest absolute Gasteiger partial charge is 0.338 e. The molecule has 0 radical (unpaired) electrons. The molecule has 12 heteroatoms. The molecule has 1 amide bonds. The molecule has 1 fully saturated rings. The summed E-state index contributed by atoms with van der Waals surface area (Å²) in [5.41, 5.74) is 1.27. The first-order valence-corrected chi connectivity index (χ1v) is 13.8. The van der Waals surface area contributed by atoms with Gasteiger partial charge in [0.2, 0.25) is 0 Å². The van der Waals surface area contributed by atoms with Gasteiger partial charge in [0.05, 0.1) is 32.6 Å². The molecular formula is C21H22ClN3O5S3. The van der Waals surface area contributed by atoms with Gasteiger partial charge in [-0.2, -0.15) is 9.30 Å². The maximum atomic E-state index is 13.0. The molecule has 2 aromatic heterocycles. The molecule has 0 spiro atoms. The predicted octanol–water partition coefficient (Wildman–Crippen LogP) is 3.66. The van der Waals surface area contributed by atoms with Gasteiger partial charge >= 0.3 is 5.97 Å². The number of esters is 1. The number of hydrogen-bond donors (Lipinski definition) is 0. The van der Waals surface area contributed by atoms with Crippen LogP contribution in [0.4, 0.5) is 0 Å². The summed E-state index contributed by atoms with van der Waals surface area (Å²) in [4.78, 5) is 29.8. The molecule has 33 heavy (non-hydrogen) atoms. The number of thiazole rings is 1. The van der Waals surface area contributed by atoms with Gasteiger partial charge in [0.25, 0.3) is 15.9 Å². The van der Waals surface area contributed by atoms with E-state index < -0.39 is 21.9 Å². The number of rotatable bonds is 5. The standard InChI is InChI=1S/C21H22ClN3O5S3/c1-3-30-20(27)13-6-7-15-16(11-13)31-21(24(15)2)23-19(26)14-5-4-10-25(12-14)33(28,29)18-9-8-17(22)32-18/h6-9,11,14H,3-5,10,12H2,1-2H3. The first-order chi connectivity index (χ1) is 15.7.